The molecule has 0 radical (unpaired) electrons. The fourth-order valence-corrected chi connectivity index (χ4v) is 1.69. The van der Waals surface area contributed by atoms with Crippen molar-refractivity contribution < 1.29 is 19.4 Å². The van der Waals surface area contributed by atoms with Crippen LogP contribution in [0.5, 0.6) is 5.75 Å². The van der Waals surface area contributed by atoms with E-state index in [9.17, 15) is 9.59 Å². The summed E-state index contributed by atoms with van der Waals surface area (Å²) < 4.78 is 5.22. The van der Waals surface area contributed by atoms with Gasteiger partial charge < -0.3 is 20.1 Å². The molecule has 2 rings (SSSR count). The van der Waals surface area contributed by atoms with Crippen LogP contribution in [0, 0.1) is 0 Å². The number of hydrogen-bond donors (Lipinski definition) is 2. The number of anilines is 2. The minimum Gasteiger partial charge on any atom is -0.482 e. The number of nitrogens with one attached hydrogen (secondary N) is 1. The Labute approximate surface area is 104 Å². The van der Waals surface area contributed by atoms with Gasteiger partial charge in [-0.2, -0.15) is 0 Å². The first kappa shape index (κ1) is 12.4. The summed E-state index contributed by atoms with van der Waals surface area (Å²) >= 11 is 0. The third-order valence-electron chi connectivity index (χ3n) is 2.68. The van der Waals surface area contributed by atoms with Crippen LogP contribution in [-0.2, 0) is 9.59 Å². The fourth-order valence-electron chi connectivity index (χ4n) is 1.69. The number of hydrogen-bond acceptors (Lipinski definition) is 4. The van der Waals surface area contributed by atoms with E-state index in [1.54, 1.807) is 25.2 Å². The van der Waals surface area contributed by atoms with E-state index in [1.165, 1.54) is 4.90 Å². The molecule has 0 bridgehead atoms. The van der Waals surface area contributed by atoms with E-state index in [0.717, 1.165) is 0 Å². The molecule has 1 aromatic rings. The monoisotopic (exact) mass is 250 g/mol. The summed E-state index contributed by atoms with van der Waals surface area (Å²) in [7, 11) is 1.62. The van der Waals surface area contributed by atoms with Crippen molar-refractivity contribution in [2.24, 2.45) is 0 Å². The Kier molecular flexibility index (Phi) is 3.47. The smallest absolute Gasteiger partial charge is 0.262 e. The van der Waals surface area contributed by atoms with Gasteiger partial charge in [-0.1, -0.05) is 0 Å². The molecule has 1 aromatic carbocycles. The maximum Gasteiger partial charge on any atom is 0.262 e. The van der Waals surface area contributed by atoms with Gasteiger partial charge in [-0.25, -0.2) is 0 Å². The molecule has 0 saturated carbocycles. The van der Waals surface area contributed by atoms with Gasteiger partial charge in [0, 0.05) is 12.7 Å². The number of nitrogens with zero attached hydrogens (tertiary/aromatic N) is 1. The Balaban J connectivity index is 2.22. The number of carbonyl (C=O) groups excluding carboxylic acids is 2. The first-order valence-electron chi connectivity index (χ1n) is 5.56. The summed E-state index contributed by atoms with van der Waals surface area (Å²) in [6, 6.07) is 5.10. The summed E-state index contributed by atoms with van der Waals surface area (Å²) in [5, 5.41) is 11.4. The second-order valence-electron chi connectivity index (χ2n) is 3.94. The van der Waals surface area contributed by atoms with Crippen molar-refractivity contribution >= 4 is 23.2 Å². The largest absolute Gasteiger partial charge is 0.482 e. The van der Waals surface area contributed by atoms with Crippen LogP contribution in [0.4, 0.5) is 11.4 Å². The van der Waals surface area contributed by atoms with Gasteiger partial charge in [0.2, 0.25) is 5.91 Å². The number of fused-ring (bicyclic) bond motifs is 1. The Morgan fingerprint density at radius 3 is 3.06 bits per heavy atom. The summed E-state index contributed by atoms with van der Waals surface area (Å²) in [6.07, 6.45) is 0.0659. The number of aliphatic hydroxyl groups excluding tert-OH is 1. The lowest BCUT2D eigenvalue weighted by molar-refractivity contribution is -0.119. The number of amides is 2. The molecule has 0 atom stereocenters. The average Bonchev–Trinajstić information content (AvgIpc) is 2.37. The van der Waals surface area contributed by atoms with Crippen molar-refractivity contribution in [3.63, 3.8) is 0 Å². The molecule has 1 aliphatic heterocycles. The second-order valence-corrected chi connectivity index (χ2v) is 3.94. The van der Waals surface area contributed by atoms with Crippen LogP contribution >= 0.6 is 0 Å². The van der Waals surface area contributed by atoms with Crippen LogP contribution in [0.3, 0.4) is 0 Å². The number of carbonyl (C=O) groups is 2. The SMILES string of the molecule is CN(C(=O)CCO)c1ccc2c(c1)NC(=O)CO2. The molecule has 0 aliphatic carbocycles. The van der Waals surface area contributed by atoms with Crippen LogP contribution in [0.25, 0.3) is 0 Å². The van der Waals surface area contributed by atoms with E-state index < -0.39 is 0 Å². The number of aliphatic hydroxyl groups is 1. The quantitative estimate of drug-likeness (QED) is 0.812. The van der Waals surface area contributed by atoms with Gasteiger partial charge in [-0.15, -0.1) is 0 Å². The molecule has 6 heteroatoms. The Morgan fingerprint density at radius 2 is 2.33 bits per heavy atom. The molecule has 6 nitrogen and oxygen atoms in total. The molecule has 0 fully saturated rings. The Hall–Kier alpha value is -2.08. The van der Waals surface area contributed by atoms with Gasteiger partial charge in [0.1, 0.15) is 5.75 Å². The molecule has 0 aromatic heterocycles. The lowest BCUT2D eigenvalue weighted by Gasteiger charge is -2.22. The van der Waals surface area contributed by atoms with E-state index in [0.29, 0.717) is 17.1 Å². The third-order valence-corrected chi connectivity index (χ3v) is 2.68. The first-order valence-corrected chi connectivity index (χ1v) is 5.56. The first-order chi connectivity index (χ1) is 8.61. The van der Waals surface area contributed by atoms with Gasteiger partial charge in [0.05, 0.1) is 18.7 Å². The van der Waals surface area contributed by atoms with Crippen molar-refractivity contribution in [1.29, 1.82) is 0 Å². The molecular formula is C12H14N2O4. The van der Waals surface area contributed by atoms with Crippen LogP contribution in [-0.4, -0.2) is 37.2 Å². The number of ether oxygens (including phenoxy) is 1. The van der Waals surface area contributed by atoms with E-state index >= 15 is 0 Å². The van der Waals surface area contributed by atoms with Crippen molar-refractivity contribution in [2.75, 3.05) is 30.5 Å². The topological polar surface area (TPSA) is 78.9 Å². The third kappa shape index (κ3) is 2.43. The van der Waals surface area contributed by atoms with Crippen LogP contribution in [0.2, 0.25) is 0 Å². The van der Waals surface area contributed by atoms with Gasteiger partial charge in [0.25, 0.3) is 5.91 Å². The molecule has 1 heterocycles. The number of benzene rings is 1. The lowest BCUT2D eigenvalue weighted by atomic mass is 10.2. The van der Waals surface area contributed by atoms with E-state index in [2.05, 4.69) is 5.32 Å². The summed E-state index contributed by atoms with van der Waals surface area (Å²) in [6.45, 7) is -0.181. The summed E-state index contributed by atoms with van der Waals surface area (Å²) in [4.78, 5) is 24.2. The maximum atomic E-state index is 11.6. The second kappa shape index (κ2) is 5.05. The minimum atomic E-state index is -0.219. The van der Waals surface area contributed by atoms with E-state index in [-0.39, 0.29) is 31.4 Å². The predicted octanol–water partition coefficient (Wildman–Crippen LogP) is 0.363. The molecule has 0 unspecified atom stereocenters. The molecule has 0 saturated heterocycles. The van der Waals surface area contributed by atoms with Crippen LogP contribution in [0.1, 0.15) is 6.42 Å². The predicted molar refractivity (Wildman–Crippen MR) is 65.7 cm³/mol. The zero-order valence-corrected chi connectivity index (χ0v) is 9.97. The maximum absolute atomic E-state index is 11.6. The molecular weight excluding hydrogens is 236 g/mol. The van der Waals surface area contributed by atoms with Crippen molar-refractivity contribution in [3.05, 3.63) is 18.2 Å². The molecule has 0 spiro atoms. The van der Waals surface area contributed by atoms with Crippen molar-refractivity contribution in [3.8, 4) is 5.75 Å². The van der Waals surface area contributed by atoms with Gasteiger partial charge in [0.15, 0.2) is 6.61 Å². The zero-order chi connectivity index (χ0) is 13.1. The van der Waals surface area contributed by atoms with Gasteiger partial charge in [-0.05, 0) is 18.2 Å². The summed E-state index contributed by atoms with van der Waals surface area (Å²) in [5.74, 6) is 0.172. The molecule has 2 N–H and O–H groups in total. The van der Waals surface area contributed by atoms with Crippen LogP contribution < -0.4 is 15.0 Å². The highest BCUT2D eigenvalue weighted by Crippen LogP contribution is 2.31. The average molecular weight is 250 g/mol. The molecule has 18 heavy (non-hydrogen) atoms. The van der Waals surface area contributed by atoms with Gasteiger partial charge in [-0.3, -0.25) is 9.59 Å². The molecule has 96 valence electrons. The standard InChI is InChI=1S/C12H14N2O4/c1-14(12(17)4-5-15)8-2-3-10-9(6-8)13-11(16)7-18-10/h2-3,6,15H,4-5,7H2,1H3,(H,13,16). The normalized spacial score (nSPS) is 13.3. The van der Waals surface area contributed by atoms with E-state index in [1.807, 2.05) is 0 Å². The number of rotatable bonds is 3. The molecule has 2 amide bonds. The fraction of sp³-hybridized carbons (Fsp3) is 0.333. The highest BCUT2D eigenvalue weighted by atomic mass is 16.5. The Morgan fingerprint density at radius 1 is 1.56 bits per heavy atom. The minimum absolute atomic E-state index is 0.00558. The van der Waals surface area contributed by atoms with Crippen molar-refractivity contribution in [1.82, 2.24) is 0 Å². The highest BCUT2D eigenvalue weighted by Gasteiger charge is 2.18. The zero-order valence-electron chi connectivity index (χ0n) is 9.97. The summed E-state index contributed by atoms with van der Waals surface area (Å²) in [5.41, 5.74) is 1.19. The van der Waals surface area contributed by atoms with Gasteiger partial charge >= 0.3 is 0 Å². The molecule has 1 aliphatic rings. The van der Waals surface area contributed by atoms with Crippen molar-refractivity contribution in [2.45, 2.75) is 6.42 Å². The lowest BCUT2D eigenvalue weighted by Crippen LogP contribution is -2.28. The Bertz CT molecular complexity index is 487. The van der Waals surface area contributed by atoms with E-state index in [4.69, 9.17) is 9.84 Å². The van der Waals surface area contributed by atoms with Crippen LogP contribution in [0.15, 0.2) is 18.2 Å². The highest BCUT2D eigenvalue weighted by molar-refractivity contribution is 5.98.